The molecule has 0 aromatic heterocycles. The average Bonchev–Trinajstić information content (AvgIpc) is 2.37. The maximum Gasteiger partial charge on any atom is 0.0774 e. The normalized spacial score (nSPS) is 13.5. The summed E-state index contributed by atoms with van der Waals surface area (Å²) in [5, 5.41) is 4.52. The van der Waals surface area contributed by atoms with Crippen LogP contribution in [0.1, 0.15) is 0 Å². The predicted molar refractivity (Wildman–Crippen MR) is 107 cm³/mol. The van der Waals surface area contributed by atoms with Gasteiger partial charge in [-0.05, 0) is 34.4 Å². The zero-order chi connectivity index (χ0) is 16.4. The van der Waals surface area contributed by atoms with Gasteiger partial charge in [-0.2, -0.15) is 0 Å². The van der Waals surface area contributed by atoms with Crippen LogP contribution < -0.4 is 10.4 Å². The molecule has 0 atom stereocenters. The summed E-state index contributed by atoms with van der Waals surface area (Å²) in [5.74, 6) is 0. The Morgan fingerprint density at radius 3 is 1.09 bits per heavy atom. The van der Waals surface area contributed by atoms with Crippen LogP contribution in [-0.4, -0.2) is 16.1 Å². The average molecular weight is 365 g/mol. The van der Waals surface area contributed by atoms with E-state index in [0.717, 1.165) is 0 Å². The summed E-state index contributed by atoms with van der Waals surface area (Å²) in [5.41, 5.74) is 5.22. The van der Waals surface area contributed by atoms with Crippen molar-refractivity contribution in [2.75, 3.05) is 0 Å². The summed E-state index contributed by atoms with van der Waals surface area (Å²) >= 11 is 12.4. The second kappa shape index (κ2) is 4.97. The first-order valence-electron chi connectivity index (χ1n) is 7.69. The molecule has 0 spiro atoms. The summed E-state index contributed by atoms with van der Waals surface area (Å²) in [6, 6.07) is 8.93. The van der Waals surface area contributed by atoms with Crippen LogP contribution in [0, 0.1) is 0 Å². The van der Waals surface area contributed by atoms with E-state index < -0.39 is 16.1 Å². The standard InChI is InChI=1S/C18H22Cl2Si2/c1-21(2,3)17-9-13-11-7-15(19)16(20)8-12(11)14(13)10-18(17)22(4,5)6/h7-10H,1-6H3. The molecule has 0 nitrogen and oxygen atoms in total. The zero-order valence-corrected chi connectivity index (χ0v) is 17.6. The molecule has 0 saturated heterocycles. The molecule has 0 fully saturated rings. The van der Waals surface area contributed by atoms with Crippen molar-refractivity contribution in [2.24, 2.45) is 0 Å². The molecule has 1 aliphatic rings. The fraction of sp³-hybridized carbons (Fsp3) is 0.333. The fourth-order valence-corrected chi connectivity index (χ4v) is 8.71. The molecule has 22 heavy (non-hydrogen) atoms. The second-order valence-corrected chi connectivity index (χ2v) is 19.1. The predicted octanol–water partition coefficient (Wildman–Crippen LogP) is 5.73. The lowest BCUT2D eigenvalue weighted by atomic mass is 9.81. The molecule has 3 rings (SSSR count). The van der Waals surface area contributed by atoms with Gasteiger partial charge in [0.1, 0.15) is 0 Å². The van der Waals surface area contributed by atoms with Gasteiger partial charge in [-0.15, -0.1) is 0 Å². The van der Waals surface area contributed by atoms with Gasteiger partial charge < -0.3 is 0 Å². The van der Waals surface area contributed by atoms with Gasteiger partial charge in [0.15, 0.2) is 0 Å². The monoisotopic (exact) mass is 364 g/mol. The molecule has 0 amide bonds. The van der Waals surface area contributed by atoms with Crippen LogP contribution in [0.2, 0.25) is 49.3 Å². The van der Waals surface area contributed by atoms with Crippen molar-refractivity contribution in [2.45, 2.75) is 39.3 Å². The van der Waals surface area contributed by atoms with E-state index in [9.17, 15) is 0 Å². The molecule has 116 valence electrons. The van der Waals surface area contributed by atoms with Gasteiger partial charge in [0.25, 0.3) is 0 Å². The van der Waals surface area contributed by atoms with E-state index in [0.29, 0.717) is 10.0 Å². The van der Waals surface area contributed by atoms with E-state index in [2.05, 4.69) is 51.4 Å². The molecule has 1 aliphatic carbocycles. The van der Waals surface area contributed by atoms with Crippen molar-refractivity contribution in [3.8, 4) is 22.3 Å². The SMILES string of the molecule is C[Si](C)(C)c1cc2c(cc1[Si](C)(C)C)-c1cc(Cl)c(Cl)cc1-2. The largest absolute Gasteiger partial charge is 0.0827 e. The minimum atomic E-state index is -1.38. The molecule has 0 aliphatic heterocycles. The summed E-state index contributed by atoms with van der Waals surface area (Å²) in [7, 11) is -2.76. The van der Waals surface area contributed by atoms with Gasteiger partial charge in [-0.1, -0.05) is 85.0 Å². The molecule has 0 heterocycles. The third-order valence-electron chi connectivity index (χ3n) is 4.41. The number of hydrogen-bond acceptors (Lipinski definition) is 0. The Labute approximate surface area is 145 Å². The molecule has 0 radical (unpaired) electrons. The minimum absolute atomic E-state index is 0.648. The highest BCUT2D eigenvalue weighted by atomic mass is 35.5. The first kappa shape index (κ1) is 16.3. The second-order valence-electron chi connectivity index (χ2n) is 8.26. The Morgan fingerprint density at radius 1 is 0.545 bits per heavy atom. The number of rotatable bonds is 2. The van der Waals surface area contributed by atoms with E-state index in [1.165, 1.54) is 22.3 Å². The Hall–Kier alpha value is -0.546. The van der Waals surface area contributed by atoms with Crippen LogP contribution in [-0.2, 0) is 0 Å². The first-order valence-corrected chi connectivity index (χ1v) is 15.4. The molecule has 0 bridgehead atoms. The molecule has 0 N–H and O–H groups in total. The lowest BCUT2D eigenvalue weighted by molar-refractivity contribution is 1.53. The maximum absolute atomic E-state index is 6.20. The van der Waals surface area contributed by atoms with Crippen LogP contribution in [0.25, 0.3) is 22.3 Å². The van der Waals surface area contributed by atoms with Crippen LogP contribution in [0.4, 0.5) is 0 Å². The van der Waals surface area contributed by atoms with Gasteiger partial charge in [-0.25, -0.2) is 0 Å². The van der Waals surface area contributed by atoms with Crippen molar-refractivity contribution in [3.63, 3.8) is 0 Å². The summed E-state index contributed by atoms with van der Waals surface area (Å²) < 4.78 is 0. The first-order chi connectivity index (χ1) is 10.00. The van der Waals surface area contributed by atoms with Crippen molar-refractivity contribution in [1.82, 2.24) is 0 Å². The van der Waals surface area contributed by atoms with E-state index in [-0.39, 0.29) is 0 Å². The highest BCUT2D eigenvalue weighted by Crippen LogP contribution is 2.49. The van der Waals surface area contributed by atoms with Crippen LogP contribution >= 0.6 is 23.2 Å². The number of fused-ring (bicyclic) bond motifs is 4. The van der Waals surface area contributed by atoms with E-state index in [1.54, 1.807) is 10.4 Å². The molecule has 4 heteroatoms. The summed E-state index contributed by atoms with van der Waals surface area (Å²) in [4.78, 5) is 0. The quantitative estimate of drug-likeness (QED) is 0.509. The highest BCUT2D eigenvalue weighted by Gasteiger charge is 2.33. The smallest absolute Gasteiger partial charge is 0.0774 e. The molecule has 2 aromatic rings. The third kappa shape index (κ3) is 2.50. The van der Waals surface area contributed by atoms with Gasteiger partial charge in [0.2, 0.25) is 0 Å². The van der Waals surface area contributed by atoms with Gasteiger partial charge >= 0.3 is 0 Å². The maximum atomic E-state index is 6.20. The van der Waals surface area contributed by atoms with Crippen molar-refractivity contribution < 1.29 is 0 Å². The zero-order valence-electron chi connectivity index (χ0n) is 14.1. The van der Waals surface area contributed by atoms with Crippen molar-refractivity contribution in [1.29, 1.82) is 0 Å². The van der Waals surface area contributed by atoms with E-state index in [4.69, 9.17) is 23.2 Å². The number of benzene rings is 2. The fourth-order valence-electron chi connectivity index (χ4n) is 3.22. The van der Waals surface area contributed by atoms with Gasteiger partial charge in [-0.3, -0.25) is 0 Å². The third-order valence-corrected chi connectivity index (χ3v) is 9.45. The Balaban J connectivity index is 2.26. The molecule has 0 unspecified atom stereocenters. The number of halogens is 2. The van der Waals surface area contributed by atoms with Gasteiger partial charge in [0.05, 0.1) is 26.2 Å². The van der Waals surface area contributed by atoms with Gasteiger partial charge in [0, 0.05) is 0 Å². The Bertz CT molecular complexity index is 715. The molecule has 2 aromatic carbocycles. The number of hydrogen-bond donors (Lipinski definition) is 0. The minimum Gasteiger partial charge on any atom is -0.0827 e. The lowest BCUT2D eigenvalue weighted by Gasteiger charge is -2.34. The summed E-state index contributed by atoms with van der Waals surface area (Å²) in [6.07, 6.45) is 0. The lowest BCUT2D eigenvalue weighted by Crippen LogP contribution is -2.56. The molecule has 0 saturated carbocycles. The van der Waals surface area contributed by atoms with Crippen LogP contribution in [0.3, 0.4) is 0 Å². The van der Waals surface area contributed by atoms with E-state index >= 15 is 0 Å². The molecular formula is C18H22Cl2Si2. The van der Waals surface area contributed by atoms with Crippen molar-refractivity contribution in [3.05, 3.63) is 34.3 Å². The van der Waals surface area contributed by atoms with Crippen LogP contribution in [0.15, 0.2) is 24.3 Å². The van der Waals surface area contributed by atoms with Crippen LogP contribution in [0.5, 0.6) is 0 Å². The topological polar surface area (TPSA) is 0 Å². The highest BCUT2D eigenvalue weighted by molar-refractivity contribution is 6.98. The Morgan fingerprint density at radius 2 is 0.818 bits per heavy atom. The summed E-state index contributed by atoms with van der Waals surface area (Å²) in [6.45, 7) is 14.6. The Kier molecular flexibility index (Phi) is 3.69. The van der Waals surface area contributed by atoms with E-state index in [1.807, 2.05) is 12.1 Å². The molecular weight excluding hydrogens is 343 g/mol. The van der Waals surface area contributed by atoms with Crippen molar-refractivity contribution >= 4 is 49.7 Å².